The Morgan fingerprint density at radius 1 is 1.35 bits per heavy atom. The lowest BCUT2D eigenvalue weighted by molar-refractivity contribution is 0.0909. The van der Waals surface area contributed by atoms with E-state index in [0.29, 0.717) is 6.54 Å². The molecule has 0 amide bonds. The lowest BCUT2D eigenvalue weighted by Gasteiger charge is -2.28. The van der Waals surface area contributed by atoms with Crippen molar-refractivity contribution in [1.82, 2.24) is 14.9 Å². The van der Waals surface area contributed by atoms with Gasteiger partial charge < -0.3 is 15.4 Å². The molecule has 1 aromatic carbocycles. The lowest BCUT2D eigenvalue weighted by Crippen LogP contribution is -2.44. The van der Waals surface area contributed by atoms with Gasteiger partial charge in [0.05, 0.1) is 17.1 Å². The third-order valence-electron chi connectivity index (χ3n) is 4.18. The van der Waals surface area contributed by atoms with Crippen LogP contribution in [0.5, 0.6) is 0 Å². The zero-order valence-corrected chi connectivity index (χ0v) is 15.8. The standard InChI is InChI=1S/C15H20BrN3O2.2ClH/c16-10-5-6-13-12(9-10)18-15(21)19(13)8-2-3-11-14(20)4-1-7-17-11;;/h5-6,9,11,14,17,20H,1-4,7-8H2,(H,18,21);2*1H/t11-,14+;;/m1../s1. The maximum absolute atomic E-state index is 12.0. The number of hydrogen-bond acceptors (Lipinski definition) is 3. The average Bonchev–Trinajstić information content (AvgIpc) is 2.76. The molecule has 1 fully saturated rings. The van der Waals surface area contributed by atoms with Gasteiger partial charge in [0.25, 0.3) is 0 Å². The lowest BCUT2D eigenvalue weighted by atomic mass is 9.97. The minimum atomic E-state index is -0.255. The Bertz CT molecular complexity index is 689. The van der Waals surface area contributed by atoms with Crippen molar-refractivity contribution in [2.45, 2.75) is 44.4 Å². The number of aliphatic hydroxyl groups excluding tert-OH is 1. The summed E-state index contributed by atoms with van der Waals surface area (Å²) in [5, 5.41) is 13.3. The SMILES string of the molecule is Cl.Cl.O=c1[nH]c2cc(Br)ccc2n1CCC[C@H]1NCCC[C@@H]1O. The van der Waals surface area contributed by atoms with Gasteiger partial charge in [0, 0.05) is 17.1 Å². The summed E-state index contributed by atoms with van der Waals surface area (Å²) >= 11 is 3.41. The van der Waals surface area contributed by atoms with Crippen LogP contribution < -0.4 is 11.0 Å². The molecule has 5 nitrogen and oxygen atoms in total. The number of nitrogens with zero attached hydrogens (tertiary/aromatic N) is 1. The monoisotopic (exact) mass is 425 g/mol. The van der Waals surface area contributed by atoms with Gasteiger partial charge >= 0.3 is 5.69 Å². The zero-order valence-electron chi connectivity index (χ0n) is 12.6. The molecule has 23 heavy (non-hydrogen) atoms. The van der Waals surface area contributed by atoms with E-state index < -0.39 is 0 Å². The molecule has 0 radical (unpaired) electrons. The number of fused-ring (bicyclic) bond motifs is 1. The second kappa shape index (κ2) is 9.08. The van der Waals surface area contributed by atoms with E-state index in [-0.39, 0.29) is 42.6 Å². The van der Waals surface area contributed by atoms with E-state index in [9.17, 15) is 9.90 Å². The largest absolute Gasteiger partial charge is 0.392 e. The first-order chi connectivity index (χ1) is 10.1. The molecule has 0 saturated carbocycles. The van der Waals surface area contributed by atoms with Crippen molar-refractivity contribution in [3.8, 4) is 0 Å². The number of aryl methyl sites for hydroxylation is 1. The Hall–Kier alpha value is -0.530. The number of hydrogen-bond donors (Lipinski definition) is 3. The molecule has 3 rings (SSSR count). The number of rotatable bonds is 4. The molecule has 0 unspecified atom stereocenters. The molecule has 1 aromatic heterocycles. The second-order valence-electron chi connectivity index (χ2n) is 5.66. The Morgan fingerprint density at radius 2 is 2.13 bits per heavy atom. The molecule has 2 heterocycles. The second-order valence-corrected chi connectivity index (χ2v) is 6.57. The van der Waals surface area contributed by atoms with Gasteiger partial charge in [0.15, 0.2) is 0 Å². The van der Waals surface area contributed by atoms with Crippen molar-refractivity contribution < 1.29 is 5.11 Å². The maximum atomic E-state index is 12.0. The van der Waals surface area contributed by atoms with Crippen LogP contribution in [0.15, 0.2) is 27.5 Å². The first-order valence-electron chi connectivity index (χ1n) is 7.44. The van der Waals surface area contributed by atoms with Crippen molar-refractivity contribution in [3.63, 3.8) is 0 Å². The third-order valence-corrected chi connectivity index (χ3v) is 4.67. The number of piperidine rings is 1. The third kappa shape index (κ3) is 4.73. The number of imidazole rings is 1. The van der Waals surface area contributed by atoms with Gasteiger partial charge in [-0.2, -0.15) is 0 Å². The fourth-order valence-electron chi connectivity index (χ4n) is 3.06. The highest BCUT2D eigenvalue weighted by molar-refractivity contribution is 9.10. The van der Waals surface area contributed by atoms with Gasteiger partial charge in [-0.1, -0.05) is 15.9 Å². The van der Waals surface area contributed by atoms with Gasteiger partial charge in [-0.05, 0) is 50.4 Å². The van der Waals surface area contributed by atoms with Crippen LogP contribution in [0.25, 0.3) is 11.0 Å². The van der Waals surface area contributed by atoms with Crippen molar-refractivity contribution in [1.29, 1.82) is 0 Å². The predicted molar refractivity (Wildman–Crippen MR) is 101 cm³/mol. The summed E-state index contributed by atoms with van der Waals surface area (Å²) in [6.45, 7) is 1.65. The minimum Gasteiger partial charge on any atom is -0.392 e. The number of H-pyrrole nitrogens is 1. The number of aromatic nitrogens is 2. The quantitative estimate of drug-likeness (QED) is 0.703. The summed E-state index contributed by atoms with van der Waals surface area (Å²) in [6, 6.07) is 5.97. The molecule has 8 heteroatoms. The first-order valence-corrected chi connectivity index (χ1v) is 8.24. The van der Waals surface area contributed by atoms with E-state index in [4.69, 9.17) is 0 Å². The summed E-state index contributed by atoms with van der Waals surface area (Å²) in [5.74, 6) is 0. The molecule has 1 aliphatic heterocycles. The normalized spacial score (nSPS) is 20.8. The van der Waals surface area contributed by atoms with E-state index in [0.717, 1.165) is 47.7 Å². The van der Waals surface area contributed by atoms with Gasteiger partial charge in [-0.25, -0.2) is 4.79 Å². The van der Waals surface area contributed by atoms with Crippen LogP contribution in [0.1, 0.15) is 25.7 Å². The predicted octanol–water partition coefficient (Wildman–Crippen LogP) is 2.83. The molecule has 3 N–H and O–H groups in total. The van der Waals surface area contributed by atoms with E-state index in [1.54, 1.807) is 4.57 Å². The molecule has 2 atom stereocenters. The van der Waals surface area contributed by atoms with E-state index in [1.807, 2.05) is 18.2 Å². The minimum absolute atomic E-state index is 0. The summed E-state index contributed by atoms with van der Waals surface area (Å²) in [5.41, 5.74) is 1.71. The molecule has 0 bridgehead atoms. The Balaban J connectivity index is 0.00000132. The van der Waals surface area contributed by atoms with Crippen LogP contribution in [-0.4, -0.2) is 33.3 Å². The van der Waals surface area contributed by atoms with E-state index in [2.05, 4.69) is 26.2 Å². The topological polar surface area (TPSA) is 70.0 Å². The van der Waals surface area contributed by atoms with Crippen LogP contribution >= 0.6 is 40.7 Å². The molecule has 130 valence electrons. The number of aromatic amines is 1. The molecular weight excluding hydrogens is 405 g/mol. The smallest absolute Gasteiger partial charge is 0.326 e. The van der Waals surface area contributed by atoms with Gasteiger partial charge in [-0.3, -0.25) is 4.57 Å². The highest BCUT2D eigenvalue weighted by atomic mass is 79.9. The average molecular weight is 427 g/mol. The maximum Gasteiger partial charge on any atom is 0.326 e. The van der Waals surface area contributed by atoms with Gasteiger partial charge in [0.1, 0.15) is 0 Å². The van der Waals surface area contributed by atoms with Crippen LogP contribution in [0.4, 0.5) is 0 Å². The number of aliphatic hydroxyl groups is 1. The highest BCUT2D eigenvalue weighted by Crippen LogP contribution is 2.18. The zero-order chi connectivity index (χ0) is 14.8. The van der Waals surface area contributed by atoms with Crippen LogP contribution in [0.3, 0.4) is 0 Å². The molecule has 0 aliphatic carbocycles. The van der Waals surface area contributed by atoms with Crippen LogP contribution in [-0.2, 0) is 6.54 Å². The number of nitrogens with one attached hydrogen (secondary N) is 2. The molecule has 0 spiro atoms. The first kappa shape index (κ1) is 20.5. The van der Waals surface area contributed by atoms with E-state index in [1.165, 1.54) is 0 Å². The molecule has 1 saturated heterocycles. The molecule has 2 aromatic rings. The summed E-state index contributed by atoms with van der Waals surface area (Å²) in [6.07, 6.45) is 3.41. The fourth-order valence-corrected chi connectivity index (χ4v) is 3.42. The number of halogens is 3. The van der Waals surface area contributed by atoms with Crippen molar-refractivity contribution in [2.24, 2.45) is 0 Å². The Morgan fingerprint density at radius 3 is 2.87 bits per heavy atom. The van der Waals surface area contributed by atoms with Crippen molar-refractivity contribution in [3.05, 3.63) is 33.2 Å². The Labute approximate surface area is 155 Å². The Kier molecular flexibility index (Phi) is 8.10. The molecule has 1 aliphatic rings. The number of benzene rings is 1. The fraction of sp³-hybridized carbons (Fsp3) is 0.533. The van der Waals surface area contributed by atoms with Crippen LogP contribution in [0, 0.1) is 0 Å². The van der Waals surface area contributed by atoms with E-state index >= 15 is 0 Å². The van der Waals surface area contributed by atoms with Crippen LogP contribution in [0.2, 0.25) is 0 Å². The summed E-state index contributed by atoms with van der Waals surface area (Å²) in [7, 11) is 0. The van der Waals surface area contributed by atoms with Crippen molar-refractivity contribution in [2.75, 3.05) is 6.54 Å². The highest BCUT2D eigenvalue weighted by Gasteiger charge is 2.21. The van der Waals surface area contributed by atoms with Crippen molar-refractivity contribution >= 4 is 51.8 Å². The van der Waals surface area contributed by atoms with Gasteiger partial charge in [0.2, 0.25) is 0 Å². The van der Waals surface area contributed by atoms with Gasteiger partial charge in [-0.15, -0.1) is 24.8 Å². The molecular formula is C15H22BrCl2N3O2. The summed E-state index contributed by atoms with van der Waals surface area (Å²) in [4.78, 5) is 14.9. The summed E-state index contributed by atoms with van der Waals surface area (Å²) < 4.78 is 2.73.